The molecule has 0 fully saturated rings. The lowest BCUT2D eigenvalue weighted by atomic mass is 10.2. The van der Waals surface area contributed by atoms with Crippen LogP contribution in [-0.2, 0) is 10.0 Å². The summed E-state index contributed by atoms with van der Waals surface area (Å²) in [6.07, 6.45) is 0. The molecule has 0 aliphatic carbocycles. The molecule has 0 unspecified atom stereocenters. The van der Waals surface area contributed by atoms with E-state index in [1.165, 1.54) is 42.5 Å². The van der Waals surface area contributed by atoms with Gasteiger partial charge in [0.15, 0.2) is 0 Å². The first-order valence-corrected chi connectivity index (χ1v) is 8.26. The Bertz CT molecular complexity index is 808. The number of carbonyl (C=O) groups is 1. The van der Waals surface area contributed by atoms with Gasteiger partial charge in [-0.1, -0.05) is 17.7 Å². The fraction of sp³-hybridized carbons (Fsp3) is 0. The van der Waals surface area contributed by atoms with Gasteiger partial charge in [0.25, 0.3) is 10.0 Å². The van der Waals surface area contributed by atoms with Crippen LogP contribution in [0.25, 0.3) is 0 Å². The zero-order valence-electron chi connectivity index (χ0n) is 10.4. The lowest BCUT2D eigenvalue weighted by Crippen LogP contribution is -2.13. The van der Waals surface area contributed by atoms with Crippen LogP contribution in [0.4, 0.5) is 5.69 Å². The van der Waals surface area contributed by atoms with Crippen LogP contribution in [0.5, 0.6) is 0 Å². The molecule has 2 N–H and O–H groups in total. The smallest absolute Gasteiger partial charge is 0.335 e. The summed E-state index contributed by atoms with van der Waals surface area (Å²) in [5, 5.41) is 9.28. The lowest BCUT2D eigenvalue weighted by molar-refractivity contribution is 0.0697. The van der Waals surface area contributed by atoms with Crippen molar-refractivity contribution in [3.8, 4) is 0 Å². The third kappa shape index (κ3) is 3.75. The maximum atomic E-state index is 12.2. The van der Waals surface area contributed by atoms with Crippen molar-refractivity contribution in [2.75, 3.05) is 4.72 Å². The summed E-state index contributed by atoms with van der Waals surface area (Å²) < 4.78 is 27.2. The molecule has 5 nitrogen and oxygen atoms in total. The summed E-state index contributed by atoms with van der Waals surface area (Å²) in [5.41, 5.74) is 0.161. The molecular formula is C13H9BrClNO4S. The summed E-state index contributed by atoms with van der Waals surface area (Å²) in [6, 6.07) is 9.72. The molecule has 8 heteroatoms. The number of carboxylic acids is 1. The van der Waals surface area contributed by atoms with Crippen LogP contribution in [-0.4, -0.2) is 19.5 Å². The Hall–Kier alpha value is -1.57. The van der Waals surface area contributed by atoms with Gasteiger partial charge >= 0.3 is 5.97 Å². The number of benzene rings is 2. The van der Waals surface area contributed by atoms with E-state index in [0.29, 0.717) is 9.50 Å². The Kier molecular flexibility index (Phi) is 4.55. The largest absolute Gasteiger partial charge is 0.478 e. The van der Waals surface area contributed by atoms with Crippen molar-refractivity contribution in [2.24, 2.45) is 0 Å². The van der Waals surface area contributed by atoms with Crippen LogP contribution < -0.4 is 4.72 Å². The van der Waals surface area contributed by atoms with Crippen molar-refractivity contribution in [1.82, 2.24) is 0 Å². The quantitative estimate of drug-likeness (QED) is 0.835. The lowest BCUT2D eigenvalue weighted by Gasteiger charge is -2.09. The normalized spacial score (nSPS) is 11.1. The van der Waals surface area contributed by atoms with Gasteiger partial charge in [0, 0.05) is 10.2 Å². The molecule has 0 saturated carbocycles. The second-order valence-corrected chi connectivity index (χ2v) is 7.01. The Labute approximate surface area is 134 Å². The first-order chi connectivity index (χ1) is 9.79. The zero-order valence-corrected chi connectivity index (χ0v) is 13.5. The van der Waals surface area contributed by atoms with Gasteiger partial charge in [0.05, 0.1) is 15.5 Å². The fourth-order valence-corrected chi connectivity index (χ4v) is 3.30. The summed E-state index contributed by atoms with van der Waals surface area (Å²) in [7, 11) is -3.83. The average molecular weight is 391 g/mol. The minimum atomic E-state index is -3.83. The Morgan fingerprint density at radius 3 is 2.52 bits per heavy atom. The standard InChI is InChI=1S/C13H9BrClNO4S/c14-11-7-10(4-5-12(11)15)21(19,20)16-9-3-1-2-8(6-9)13(17)18/h1-7,16H,(H,17,18). The zero-order chi connectivity index (χ0) is 15.6. The number of hydrogen-bond acceptors (Lipinski definition) is 3. The molecule has 21 heavy (non-hydrogen) atoms. The van der Waals surface area contributed by atoms with Crippen LogP contribution >= 0.6 is 27.5 Å². The molecule has 0 radical (unpaired) electrons. The highest BCUT2D eigenvalue weighted by molar-refractivity contribution is 9.10. The van der Waals surface area contributed by atoms with Gasteiger partial charge < -0.3 is 5.11 Å². The highest BCUT2D eigenvalue weighted by atomic mass is 79.9. The number of aromatic carboxylic acids is 1. The van der Waals surface area contributed by atoms with Crippen molar-refractivity contribution in [2.45, 2.75) is 4.90 Å². The maximum Gasteiger partial charge on any atom is 0.335 e. The van der Waals surface area contributed by atoms with E-state index in [4.69, 9.17) is 16.7 Å². The van der Waals surface area contributed by atoms with Crippen LogP contribution in [0.2, 0.25) is 5.02 Å². The number of anilines is 1. The minimum Gasteiger partial charge on any atom is -0.478 e. The van der Waals surface area contributed by atoms with Gasteiger partial charge in [-0.25, -0.2) is 13.2 Å². The molecule has 2 rings (SSSR count). The van der Waals surface area contributed by atoms with Gasteiger partial charge in [-0.15, -0.1) is 0 Å². The molecule has 2 aromatic rings. The number of halogens is 2. The Balaban J connectivity index is 2.35. The summed E-state index contributed by atoms with van der Waals surface area (Å²) in [5.74, 6) is -1.13. The van der Waals surface area contributed by atoms with Crippen molar-refractivity contribution in [1.29, 1.82) is 0 Å². The van der Waals surface area contributed by atoms with Gasteiger partial charge in [-0.05, 0) is 52.3 Å². The van der Waals surface area contributed by atoms with Gasteiger partial charge in [0.1, 0.15) is 0 Å². The van der Waals surface area contributed by atoms with Gasteiger partial charge in [-0.2, -0.15) is 0 Å². The van der Waals surface area contributed by atoms with E-state index in [1.807, 2.05) is 0 Å². The number of rotatable bonds is 4. The van der Waals surface area contributed by atoms with Crippen LogP contribution in [0.1, 0.15) is 10.4 Å². The first kappa shape index (κ1) is 15.8. The highest BCUT2D eigenvalue weighted by Crippen LogP contribution is 2.26. The molecule has 0 atom stereocenters. The topological polar surface area (TPSA) is 83.5 Å². The van der Waals surface area contributed by atoms with Crippen LogP contribution in [0.15, 0.2) is 51.8 Å². The van der Waals surface area contributed by atoms with E-state index < -0.39 is 16.0 Å². The Morgan fingerprint density at radius 1 is 1.19 bits per heavy atom. The predicted molar refractivity (Wildman–Crippen MR) is 83.4 cm³/mol. The van der Waals surface area contributed by atoms with Crippen molar-refractivity contribution >= 4 is 49.2 Å². The molecule has 0 heterocycles. The molecule has 0 aromatic heterocycles. The van der Waals surface area contributed by atoms with Gasteiger partial charge in [-0.3, -0.25) is 4.72 Å². The van der Waals surface area contributed by atoms with Crippen LogP contribution in [0, 0.1) is 0 Å². The number of sulfonamides is 1. The van der Waals surface area contributed by atoms with Crippen molar-refractivity contribution < 1.29 is 18.3 Å². The van der Waals surface area contributed by atoms with Crippen LogP contribution in [0.3, 0.4) is 0 Å². The van der Waals surface area contributed by atoms with Crippen molar-refractivity contribution in [3.05, 3.63) is 57.5 Å². The van der Waals surface area contributed by atoms with E-state index in [1.54, 1.807) is 0 Å². The molecule has 0 bridgehead atoms. The van der Waals surface area contributed by atoms with E-state index in [-0.39, 0.29) is 16.1 Å². The third-order valence-electron chi connectivity index (χ3n) is 2.56. The van der Waals surface area contributed by atoms with Crippen molar-refractivity contribution in [3.63, 3.8) is 0 Å². The highest BCUT2D eigenvalue weighted by Gasteiger charge is 2.16. The summed E-state index contributed by atoms with van der Waals surface area (Å²) in [4.78, 5) is 10.9. The SMILES string of the molecule is O=C(O)c1cccc(NS(=O)(=O)c2ccc(Cl)c(Br)c2)c1. The molecule has 0 spiro atoms. The second kappa shape index (κ2) is 6.05. The summed E-state index contributed by atoms with van der Waals surface area (Å²) in [6.45, 7) is 0. The third-order valence-corrected chi connectivity index (χ3v) is 5.16. The van der Waals surface area contributed by atoms with E-state index in [9.17, 15) is 13.2 Å². The monoisotopic (exact) mass is 389 g/mol. The molecule has 0 saturated heterocycles. The summed E-state index contributed by atoms with van der Waals surface area (Å²) >= 11 is 8.97. The van der Waals surface area contributed by atoms with Gasteiger partial charge in [0.2, 0.25) is 0 Å². The number of carboxylic acid groups (broad SMARTS) is 1. The molecular weight excluding hydrogens is 382 g/mol. The molecule has 0 amide bonds. The molecule has 0 aliphatic heterocycles. The first-order valence-electron chi connectivity index (χ1n) is 5.61. The van der Waals surface area contributed by atoms with E-state index >= 15 is 0 Å². The average Bonchev–Trinajstić information content (AvgIpc) is 2.41. The minimum absolute atomic E-state index is 0.00696. The number of nitrogens with one attached hydrogen (secondary N) is 1. The Morgan fingerprint density at radius 2 is 1.90 bits per heavy atom. The second-order valence-electron chi connectivity index (χ2n) is 4.07. The predicted octanol–water partition coefficient (Wildman–Crippen LogP) is 3.60. The molecule has 2 aromatic carbocycles. The fourth-order valence-electron chi connectivity index (χ4n) is 1.57. The molecule has 110 valence electrons. The number of hydrogen-bond donors (Lipinski definition) is 2. The maximum absolute atomic E-state index is 12.2. The van der Waals surface area contributed by atoms with E-state index in [2.05, 4.69) is 20.7 Å². The van der Waals surface area contributed by atoms with E-state index in [0.717, 1.165) is 0 Å². The molecule has 0 aliphatic rings.